The van der Waals surface area contributed by atoms with Crippen LogP contribution in [0.3, 0.4) is 0 Å². The van der Waals surface area contributed by atoms with Crippen LogP contribution in [0.15, 0.2) is 48.7 Å². The summed E-state index contributed by atoms with van der Waals surface area (Å²) in [7, 11) is 1.80. The van der Waals surface area contributed by atoms with Crippen molar-refractivity contribution in [2.24, 2.45) is 13.0 Å². The number of carbonyl (C=O) groups is 1. The molecule has 0 saturated heterocycles. The van der Waals surface area contributed by atoms with E-state index < -0.39 is 11.6 Å². The summed E-state index contributed by atoms with van der Waals surface area (Å²) in [6.45, 7) is 0.546. The number of benzene rings is 2. The molecule has 4 aromatic rings. The van der Waals surface area contributed by atoms with Crippen LogP contribution in [0.4, 0.5) is 13.2 Å². The number of aryl methyl sites for hydroxylation is 1. The highest BCUT2D eigenvalue weighted by molar-refractivity contribution is 5.92. The van der Waals surface area contributed by atoms with E-state index in [1.165, 1.54) is 18.2 Å². The number of nitrogens with one attached hydrogen (secondary N) is 2. The van der Waals surface area contributed by atoms with E-state index in [0.717, 1.165) is 35.7 Å². The number of aromatic amines is 1. The van der Waals surface area contributed by atoms with E-state index in [0.29, 0.717) is 17.6 Å². The molecule has 2 aromatic carbocycles. The molecule has 8 heteroatoms. The van der Waals surface area contributed by atoms with Gasteiger partial charge in [0.25, 0.3) is 0 Å². The van der Waals surface area contributed by atoms with E-state index in [2.05, 4.69) is 15.4 Å². The molecule has 2 N–H and O–H groups in total. The lowest BCUT2D eigenvalue weighted by Gasteiger charge is -2.36. The zero-order valence-electron chi connectivity index (χ0n) is 18.0. The number of amides is 1. The van der Waals surface area contributed by atoms with Gasteiger partial charge in [0, 0.05) is 36.9 Å². The van der Waals surface area contributed by atoms with E-state index in [-0.39, 0.29) is 35.5 Å². The minimum absolute atomic E-state index is 0.0645. The van der Waals surface area contributed by atoms with Crippen LogP contribution in [0.5, 0.6) is 0 Å². The summed E-state index contributed by atoms with van der Waals surface area (Å²) in [5, 5.41) is 7.55. The van der Waals surface area contributed by atoms with E-state index >= 15 is 0 Å². The molecule has 0 bridgehead atoms. The molecule has 1 aliphatic rings. The van der Waals surface area contributed by atoms with Gasteiger partial charge in [-0.15, -0.1) is 0 Å². The molecule has 170 valence electrons. The quantitative estimate of drug-likeness (QED) is 0.440. The van der Waals surface area contributed by atoms with Crippen molar-refractivity contribution in [3.05, 3.63) is 77.4 Å². The SMILES string of the molecule is Cn1nccc1CC(=O)NCC1CC(c2c(-c3ccc(F)cc3)[nH]c3c(F)cc(F)cc23)C1. The second-order valence-electron chi connectivity index (χ2n) is 8.69. The maximum Gasteiger partial charge on any atom is 0.226 e. The summed E-state index contributed by atoms with van der Waals surface area (Å²) >= 11 is 0. The Labute approximate surface area is 188 Å². The van der Waals surface area contributed by atoms with Crippen LogP contribution >= 0.6 is 0 Å². The minimum atomic E-state index is -0.655. The Balaban J connectivity index is 1.33. The first kappa shape index (κ1) is 21.3. The van der Waals surface area contributed by atoms with E-state index in [1.54, 1.807) is 30.1 Å². The first-order valence-corrected chi connectivity index (χ1v) is 10.9. The van der Waals surface area contributed by atoms with Crippen molar-refractivity contribution in [3.63, 3.8) is 0 Å². The lowest BCUT2D eigenvalue weighted by Crippen LogP contribution is -2.36. The lowest BCUT2D eigenvalue weighted by atomic mass is 9.70. The van der Waals surface area contributed by atoms with Gasteiger partial charge in [-0.05, 0) is 72.2 Å². The molecule has 1 saturated carbocycles. The molecule has 0 radical (unpaired) electrons. The van der Waals surface area contributed by atoms with Crippen molar-refractivity contribution in [1.29, 1.82) is 0 Å². The van der Waals surface area contributed by atoms with Crippen molar-refractivity contribution < 1.29 is 18.0 Å². The van der Waals surface area contributed by atoms with Crippen molar-refractivity contribution in [3.8, 4) is 11.3 Å². The van der Waals surface area contributed by atoms with Crippen molar-refractivity contribution >= 4 is 16.8 Å². The molecule has 2 heterocycles. The van der Waals surface area contributed by atoms with Crippen LogP contribution in [0.25, 0.3) is 22.2 Å². The average Bonchev–Trinajstić information content (AvgIpc) is 3.31. The second-order valence-corrected chi connectivity index (χ2v) is 8.69. The number of nitrogens with zero attached hydrogens (tertiary/aromatic N) is 2. The molecule has 1 amide bonds. The highest BCUT2D eigenvalue weighted by atomic mass is 19.1. The highest BCUT2D eigenvalue weighted by Crippen LogP contribution is 2.48. The van der Waals surface area contributed by atoms with Gasteiger partial charge in [-0.3, -0.25) is 9.48 Å². The van der Waals surface area contributed by atoms with Crippen molar-refractivity contribution in [1.82, 2.24) is 20.1 Å². The monoisotopic (exact) mass is 452 g/mol. The van der Waals surface area contributed by atoms with Gasteiger partial charge in [0.2, 0.25) is 5.91 Å². The molecule has 5 nitrogen and oxygen atoms in total. The third-order valence-electron chi connectivity index (χ3n) is 6.49. The first-order chi connectivity index (χ1) is 15.9. The Morgan fingerprint density at radius 3 is 2.58 bits per heavy atom. The predicted octanol–water partition coefficient (Wildman–Crippen LogP) is 4.84. The Morgan fingerprint density at radius 2 is 1.88 bits per heavy atom. The van der Waals surface area contributed by atoms with E-state index in [1.807, 2.05) is 6.07 Å². The van der Waals surface area contributed by atoms with Gasteiger partial charge < -0.3 is 10.3 Å². The molecular weight excluding hydrogens is 429 g/mol. The fourth-order valence-corrected chi connectivity index (χ4v) is 4.71. The van der Waals surface area contributed by atoms with Crippen molar-refractivity contribution in [2.75, 3.05) is 6.54 Å². The standard InChI is InChI=1S/C25H23F3N4O/c1-32-19(6-7-30-32)12-22(33)29-13-14-8-16(9-14)23-20-10-18(27)11-21(28)25(20)31-24(23)15-2-4-17(26)5-3-15/h2-7,10-11,14,16,31H,8-9,12-13H2,1H3,(H,29,33). The third kappa shape index (κ3) is 4.13. The van der Waals surface area contributed by atoms with Gasteiger partial charge >= 0.3 is 0 Å². The van der Waals surface area contributed by atoms with Gasteiger partial charge in [-0.1, -0.05) is 0 Å². The number of hydrogen-bond acceptors (Lipinski definition) is 2. The van der Waals surface area contributed by atoms with Gasteiger partial charge in [0.15, 0.2) is 0 Å². The summed E-state index contributed by atoms with van der Waals surface area (Å²) < 4.78 is 43.6. The molecule has 2 aromatic heterocycles. The zero-order valence-corrected chi connectivity index (χ0v) is 18.0. The van der Waals surface area contributed by atoms with Crippen molar-refractivity contribution in [2.45, 2.75) is 25.2 Å². The average molecular weight is 452 g/mol. The number of halogens is 3. The molecule has 0 aliphatic heterocycles. The van der Waals surface area contributed by atoms with Crippen LogP contribution in [-0.2, 0) is 18.3 Å². The number of carbonyl (C=O) groups excluding carboxylic acids is 1. The summed E-state index contributed by atoms with van der Waals surface area (Å²) in [6.07, 6.45) is 3.49. The number of rotatable bonds is 6. The Kier molecular flexibility index (Phi) is 5.44. The van der Waals surface area contributed by atoms with Crippen LogP contribution in [0, 0.1) is 23.4 Å². The summed E-state index contributed by atoms with van der Waals surface area (Å²) in [5.74, 6) is -1.36. The topological polar surface area (TPSA) is 62.7 Å². The molecule has 33 heavy (non-hydrogen) atoms. The number of fused-ring (bicyclic) bond motifs is 1. The molecule has 1 aliphatic carbocycles. The van der Waals surface area contributed by atoms with Crippen LogP contribution in [0.2, 0.25) is 0 Å². The third-order valence-corrected chi connectivity index (χ3v) is 6.49. The number of aromatic nitrogens is 3. The smallest absolute Gasteiger partial charge is 0.226 e. The zero-order chi connectivity index (χ0) is 23.1. The molecule has 0 unspecified atom stereocenters. The fraction of sp³-hybridized carbons (Fsp3) is 0.280. The predicted molar refractivity (Wildman–Crippen MR) is 119 cm³/mol. The van der Waals surface area contributed by atoms with E-state index in [4.69, 9.17) is 0 Å². The largest absolute Gasteiger partial charge is 0.355 e. The first-order valence-electron chi connectivity index (χ1n) is 10.9. The van der Waals surface area contributed by atoms with Crippen LogP contribution in [0.1, 0.15) is 30.0 Å². The Bertz CT molecular complexity index is 1320. The molecule has 1 fully saturated rings. The minimum Gasteiger partial charge on any atom is -0.355 e. The van der Waals surface area contributed by atoms with Gasteiger partial charge in [0.1, 0.15) is 17.5 Å². The second kappa shape index (κ2) is 8.42. The number of H-pyrrole nitrogens is 1. The van der Waals surface area contributed by atoms with Crippen LogP contribution in [-0.4, -0.2) is 27.2 Å². The van der Waals surface area contributed by atoms with E-state index in [9.17, 15) is 18.0 Å². The molecule has 0 spiro atoms. The summed E-state index contributed by atoms with van der Waals surface area (Å²) in [4.78, 5) is 15.4. The van der Waals surface area contributed by atoms with Gasteiger partial charge in [-0.25, -0.2) is 13.2 Å². The Hall–Kier alpha value is -3.55. The Morgan fingerprint density at radius 1 is 1.12 bits per heavy atom. The maximum absolute atomic E-state index is 14.5. The normalized spacial score (nSPS) is 17.8. The summed E-state index contributed by atoms with van der Waals surface area (Å²) in [6, 6.07) is 9.98. The van der Waals surface area contributed by atoms with Gasteiger partial charge in [-0.2, -0.15) is 5.10 Å². The van der Waals surface area contributed by atoms with Gasteiger partial charge in [0.05, 0.1) is 17.6 Å². The lowest BCUT2D eigenvalue weighted by molar-refractivity contribution is -0.120. The summed E-state index contributed by atoms with van der Waals surface area (Å²) in [5.41, 5.74) is 3.32. The number of hydrogen-bond donors (Lipinski definition) is 2. The molecular formula is C25H23F3N4O. The molecule has 5 rings (SSSR count). The maximum atomic E-state index is 14.5. The molecule has 0 atom stereocenters. The van der Waals surface area contributed by atoms with Crippen LogP contribution < -0.4 is 5.32 Å². The highest BCUT2D eigenvalue weighted by Gasteiger charge is 2.34. The fourth-order valence-electron chi connectivity index (χ4n) is 4.71.